The fraction of sp³-hybridized carbons (Fsp3) is 0.100. The second-order valence-electron chi connectivity index (χ2n) is 3.65. The third-order valence-corrected chi connectivity index (χ3v) is 3.07. The number of nitrogens with one attached hydrogen (secondary N) is 1. The van der Waals surface area contributed by atoms with Crippen LogP contribution in [0, 0.1) is 10.1 Å². The van der Waals surface area contributed by atoms with Crippen LogP contribution < -0.4 is 10.2 Å². The number of barbiturate groups is 1. The van der Waals surface area contributed by atoms with Gasteiger partial charge in [-0.1, -0.05) is 0 Å². The number of urea groups is 1. The standard InChI is InChI=1S/C10H6BrN3O5/c11-6-2-1-5(3-7(6)14(18)19)13-9(16)4-8(15)12-10(13)17/h1-3H,4H2,(H,12,15,17). The van der Waals surface area contributed by atoms with Crippen molar-refractivity contribution in [3.05, 3.63) is 32.8 Å². The Bertz CT molecular complexity index is 595. The van der Waals surface area contributed by atoms with Gasteiger partial charge in [0.05, 0.1) is 15.1 Å². The number of benzene rings is 1. The van der Waals surface area contributed by atoms with Crippen molar-refractivity contribution in [2.45, 2.75) is 6.42 Å². The van der Waals surface area contributed by atoms with Crippen molar-refractivity contribution < 1.29 is 19.3 Å². The van der Waals surface area contributed by atoms with E-state index in [1.54, 1.807) is 0 Å². The number of hydrogen-bond donors (Lipinski definition) is 1. The molecule has 0 radical (unpaired) electrons. The van der Waals surface area contributed by atoms with E-state index in [-0.39, 0.29) is 15.8 Å². The SMILES string of the molecule is O=C1CC(=O)N(c2ccc(Br)c([N+](=O)[O-])c2)C(=O)N1. The monoisotopic (exact) mass is 327 g/mol. The van der Waals surface area contributed by atoms with Crippen molar-refractivity contribution >= 4 is 45.2 Å². The largest absolute Gasteiger partial charge is 0.335 e. The highest BCUT2D eigenvalue weighted by molar-refractivity contribution is 9.10. The normalized spacial score (nSPS) is 15.4. The highest BCUT2D eigenvalue weighted by Crippen LogP contribution is 2.30. The van der Waals surface area contributed by atoms with Gasteiger partial charge in [0.1, 0.15) is 6.42 Å². The van der Waals surface area contributed by atoms with Crippen LogP contribution >= 0.6 is 15.9 Å². The summed E-state index contributed by atoms with van der Waals surface area (Å²) in [4.78, 5) is 45.0. The molecule has 1 saturated heterocycles. The second-order valence-corrected chi connectivity index (χ2v) is 4.51. The molecule has 1 aliphatic rings. The molecule has 0 bridgehead atoms. The Labute approximate surface area is 114 Å². The average molecular weight is 328 g/mol. The smallest absolute Gasteiger partial charge is 0.277 e. The van der Waals surface area contributed by atoms with Crippen LogP contribution in [-0.4, -0.2) is 22.8 Å². The fourth-order valence-electron chi connectivity index (χ4n) is 1.59. The molecule has 1 heterocycles. The summed E-state index contributed by atoms with van der Waals surface area (Å²) < 4.78 is 0.224. The fourth-order valence-corrected chi connectivity index (χ4v) is 1.98. The Morgan fingerprint density at radius 1 is 1.32 bits per heavy atom. The molecule has 1 aromatic rings. The van der Waals surface area contributed by atoms with Gasteiger partial charge < -0.3 is 0 Å². The number of carbonyl (C=O) groups excluding carboxylic acids is 3. The average Bonchev–Trinajstić information content (AvgIpc) is 2.29. The lowest BCUT2D eigenvalue weighted by Crippen LogP contribution is -2.52. The maximum absolute atomic E-state index is 11.6. The van der Waals surface area contributed by atoms with Crippen LogP contribution in [0.3, 0.4) is 0 Å². The molecule has 0 saturated carbocycles. The van der Waals surface area contributed by atoms with Gasteiger partial charge >= 0.3 is 6.03 Å². The van der Waals surface area contributed by atoms with Crippen LogP contribution in [-0.2, 0) is 9.59 Å². The number of carbonyl (C=O) groups is 3. The molecule has 1 aromatic carbocycles. The van der Waals surface area contributed by atoms with E-state index in [2.05, 4.69) is 15.9 Å². The number of imide groups is 2. The van der Waals surface area contributed by atoms with Crippen molar-refractivity contribution in [3.63, 3.8) is 0 Å². The van der Waals surface area contributed by atoms with E-state index in [4.69, 9.17) is 0 Å². The Hall–Kier alpha value is -2.29. The van der Waals surface area contributed by atoms with E-state index in [0.717, 1.165) is 6.07 Å². The molecule has 98 valence electrons. The van der Waals surface area contributed by atoms with Crippen LogP contribution in [0.4, 0.5) is 16.2 Å². The van der Waals surface area contributed by atoms with Gasteiger partial charge in [-0.3, -0.25) is 25.0 Å². The van der Waals surface area contributed by atoms with E-state index in [9.17, 15) is 24.5 Å². The highest BCUT2D eigenvalue weighted by Gasteiger charge is 2.33. The number of nitrogens with zero attached hydrogens (tertiary/aromatic N) is 2. The van der Waals surface area contributed by atoms with Gasteiger partial charge in [0, 0.05) is 6.07 Å². The number of halogens is 1. The summed E-state index contributed by atoms with van der Waals surface area (Å²) in [5.41, 5.74) is -0.250. The van der Waals surface area contributed by atoms with Gasteiger partial charge in [-0.15, -0.1) is 0 Å². The molecule has 1 N–H and O–H groups in total. The van der Waals surface area contributed by atoms with E-state index < -0.39 is 29.2 Å². The number of rotatable bonds is 2. The van der Waals surface area contributed by atoms with E-state index >= 15 is 0 Å². The van der Waals surface area contributed by atoms with E-state index in [0.29, 0.717) is 4.90 Å². The van der Waals surface area contributed by atoms with E-state index in [1.807, 2.05) is 5.32 Å². The summed E-state index contributed by atoms with van der Waals surface area (Å²) in [6, 6.07) is 2.88. The summed E-state index contributed by atoms with van der Waals surface area (Å²) in [6.07, 6.45) is -0.477. The first kappa shape index (κ1) is 13.1. The molecule has 0 aromatic heterocycles. The first-order valence-electron chi connectivity index (χ1n) is 5.01. The van der Waals surface area contributed by atoms with Crippen molar-refractivity contribution in [3.8, 4) is 0 Å². The van der Waals surface area contributed by atoms with Crippen LogP contribution in [0.25, 0.3) is 0 Å². The summed E-state index contributed by atoms with van der Waals surface area (Å²) in [7, 11) is 0. The van der Waals surface area contributed by atoms with Crippen LogP contribution in [0.15, 0.2) is 22.7 Å². The molecule has 8 nitrogen and oxygen atoms in total. The molecule has 1 fully saturated rings. The van der Waals surface area contributed by atoms with E-state index in [1.165, 1.54) is 12.1 Å². The summed E-state index contributed by atoms with van der Waals surface area (Å²) in [6.45, 7) is 0. The number of nitro benzene ring substituents is 1. The second kappa shape index (κ2) is 4.76. The lowest BCUT2D eigenvalue weighted by atomic mass is 10.2. The molecule has 9 heteroatoms. The third kappa shape index (κ3) is 2.45. The van der Waals surface area contributed by atoms with Crippen molar-refractivity contribution in [2.75, 3.05) is 4.90 Å². The number of nitro groups is 1. The van der Waals surface area contributed by atoms with Gasteiger partial charge in [-0.05, 0) is 28.1 Å². The molecule has 0 spiro atoms. The van der Waals surface area contributed by atoms with Crippen molar-refractivity contribution in [1.82, 2.24) is 5.32 Å². The maximum Gasteiger partial charge on any atom is 0.335 e. The Morgan fingerprint density at radius 3 is 2.58 bits per heavy atom. The molecular weight excluding hydrogens is 322 g/mol. The Morgan fingerprint density at radius 2 is 2.00 bits per heavy atom. The molecule has 2 rings (SSSR count). The minimum absolute atomic E-state index is 0.0323. The molecule has 1 aliphatic heterocycles. The quantitative estimate of drug-likeness (QED) is 0.500. The topological polar surface area (TPSA) is 110 Å². The molecule has 0 unspecified atom stereocenters. The lowest BCUT2D eigenvalue weighted by Gasteiger charge is -2.24. The first-order valence-corrected chi connectivity index (χ1v) is 5.80. The van der Waals surface area contributed by atoms with Gasteiger partial charge in [0.2, 0.25) is 11.8 Å². The zero-order valence-electron chi connectivity index (χ0n) is 9.25. The summed E-state index contributed by atoms with van der Waals surface area (Å²) >= 11 is 3.00. The number of anilines is 1. The molecule has 0 aliphatic carbocycles. The van der Waals surface area contributed by atoms with Crippen LogP contribution in [0.1, 0.15) is 6.42 Å². The third-order valence-electron chi connectivity index (χ3n) is 2.40. The van der Waals surface area contributed by atoms with Gasteiger partial charge in [0.25, 0.3) is 5.69 Å². The zero-order valence-corrected chi connectivity index (χ0v) is 10.8. The Balaban J connectivity index is 2.44. The zero-order chi connectivity index (χ0) is 14.2. The molecule has 19 heavy (non-hydrogen) atoms. The van der Waals surface area contributed by atoms with Gasteiger partial charge in [-0.2, -0.15) is 0 Å². The highest BCUT2D eigenvalue weighted by atomic mass is 79.9. The minimum Gasteiger partial charge on any atom is -0.277 e. The number of hydrogen-bond acceptors (Lipinski definition) is 5. The predicted molar refractivity (Wildman–Crippen MR) is 66.4 cm³/mol. The minimum atomic E-state index is -0.919. The van der Waals surface area contributed by atoms with Crippen LogP contribution in [0.2, 0.25) is 0 Å². The van der Waals surface area contributed by atoms with Crippen molar-refractivity contribution in [2.24, 2.45) is 0 Å². The Kier molecular flexibility index (Phi) is 3.30. The summed E-state index contributed by atoms with van der Waals surface area (Å²) in [5, 5.41) is 12.8. The summed E-state index contributed by atoms with van der Waals surface area (Å²) in [5.74, 6) is -1.43. The molecule has 4 amide bonds. The first-order chi connectivity index (χ1) is 8.90. The molecule has 0 atom stereocenters. The lowest BCUT2D eigenvalue weighted by molar-refractivity contribution is -0.385. The number of amides is 4. The van der Waals surface area contributed by atoms with Crippen molar-refractivity contribution in [1.29, 1.82) is 0 Å². The molecular formula is C10H6BrN3O5. The maximum atomic E-state index is 11.6. The van der Waals surface area contributed by atoms with Gasteiger partial charge in [-0.25, -0.2) is 9.69 Å². The van der Waals surface area contributed by atoms with Crippen LogP contribution in [0.5, 0.6) is 0 Å². The predicted octanol–water partition coefficient (Wildman–Crippen LogP) is 1.33. The van der Waals surface area contributed by atoms with Gasteiger partial charge in [0.15, 0.2) is 0 Å².